The fourth-order valence-corrected chi connectivity index (χ4v) is 2.22. The van der Waals surface area contributed by atoms with Crippen molar-refractivity contribution >= 4 is 21.8 Å². The molecule has 0 saturated carbocycles. The van der Waals surface area contributed by atoms with E-state index in [4.69, 9.17) is 5.11 Å². The van der Waals surface area contributed by atoms with Gasteiger partial charge in [0, 0.05) is 16.6 Å². The highest BCUT2D eigenvalue weighted by Gasteiger charge is 2.23. The van der Waals surface area contributed by atoms with Crippen molar-refractivity contribution in [3.05, 3.63) is 33.3 Å². The summed E-state index contributed by atoms with van der Waals surface area (Å²) in [6.07, 6.45) is -0.944. The van der Waals surface area contributed by atoms with Crippen LogP contribution in [0.5, 0.6) is 0 Å². The number of carbonyl (C=O) groups excluding carboxylic acids is 1. The van der Waals surface area contributed by atoms with Crippen molar-refractivity contribution in [3.63, 3.8) is 0 Å². The van der Waals surface area contributed by atoms with Gasteiger partial charge in [-0.15, -0.1) is 0 Å². The third kappa shape index (κ3) is 1.78. The SMILES string of the molecule is O=C1NCc2c(Br)cc(C(O)CO)cc21. The summed E-state index contributed by atoms with van der Waals surface area (Å²) in [6, 6.07) is 3.34. The van der Waals surface area contributed by atoms with Crippen molar-refractivity contribution in [2.45, 2.75) is 12.6 Å². The van der Waals surface area contributed by atoms with Crippen LogP contribution in [-0.2, 0) is 6.54 Å². The fourth-order valence-electron chi connectivity index (χ4n) is 1.60. The maximum atomic E-state index is 11.4. The molecule has 1 aromatic rings. The number of benzene rings is 1. The second-order valence-electron chi connectivity index (χ2n) is 3.41. The van der Waals surface area contributed by atoms with Gasteiger partial charge in [0.05, 0.1) is 6.61 Å². The first kappa shape index (κ1) is 10.6. The molecule has 0 saturated heterocycles. The zero-order chi connectivity index (χ0) is 11.0. The summed E-state index contributed by atoms with van der Waals surface area (Å²) in [6.45, 7) is 0.150. The Bertz CT molecular complexity index is 419. The standard InChI is InChI=1S/C10H10BrNO3/c11-8-2-5(9(14)4-13)1-6-7(8)3-12-10(6)15/h1-2,9,13-14H,3-4H2,(H,12,15). The summed E-state index contributed by atoms with van der Waals surface area (Å²) in [7, 11) is 0. The molecular formula is C10H10BrNO3. The van der Waals surface area contributed by atoms with Crippen LogP contribution in [0.2, 0.25) is 0 Å². The number of amides is 1. The number of nitrogens with one attached hydrogen (secondary N) is 1. The fraction of sp³-hybridized carbons (Fsp3) is 0.300. The zero-order valence-corrected chi connectivity index (χ0v) is 9.41. The molecule has 0 aliphatic carbocycles. The molecule has 0 aromatic heterocycles. The van der Waals surface area contributed by atoms with Gasteiger partial charge >= 0.3 is 0 Å². The number of aliphatic hydroxyl groups is 2. The molecule has 0 spiro atoms. The van der Waals surface area contributed by atoms with E-state index in [0.29, 0.717) is 17.7 Å². The molecule has 1 aromatic carbocycles. The predicted molar refractivity (Wildman–Crippen MR) is 57.4 cm³/mol. The molecule has 2 rings (SSSR count). The topological polar surface area (TPSA) is 69.6 Å². The molecule has 80 valence electrons. The van der Waals surface area contributed by atoms with Gasteiger partial charge in [0.2, 0.25) is 0 Å². The van der Waals surface area contributed by atoms with Gasteiger partial charge in [-0.1, -0.05) is 15.9 Å². The number of aliphatic hydroxyl groups excluding tert-OH is 2. The number of fused-ring (bicyclic) bond motifs is 1. The molecule has 1 atom stereocenters. The Morgan fingerprint density at radius 2 is 2.27 bits per heavy atom. The van der Waals surface area contributed by atoms with Crippen LogP contribution in [0.15, 0.2) is 16.6 Å². The third-order valence-corrected chi connectivity index (χ3v) is 3.15. The summed E-state index contributed by atoms with van der Waals surface area (Å²) in [5, 5.41) is 21.0. The van der Waals surface area contributed by atoms with Crippen molar-refractivity contribution < 1.29 is 15.0 Å². The zero-order valence-electron chi connectivity index (χ0n) is 7.83. The Balaban J connectivity index is 2.50. The minimum atomic E-state index is -0.944. The van der Waals surface area contributed by atoms with Crippen LogP contribution in [0.3, 0.4) is 0 Å². The maximum absolute atomic E-state index is 11.4. The Hall–Kier alpha value is -0.910. The van der Waals surface area contributed by atoms with E-state index in [1.807, 2.05) is 0 Å². The van der Waals surface area contributed by atoms with Gasteiger partial charge in [-0.3, -0.25) is 4.79 Å². The number of rotatable bonds is 2. The predicted octanol–water partition coefficient (Wildman–Crippen LogP) is 0.718. The highest BCUT2D eigenvalue weighted by atomic mass is 79.9. The minimum Gasteiger partial charge on any atom is -0.393 e. The van der Waals surface area contributed by atoms with Gasteiger partial charge < -0.3 is 15.5 Å². The van der Waals surface area contributed by atoms with Crippen LogP contribution in [0.4, 0.5) is 0 Å². The van der Waals surface area contributed by atoms with E-state index in [-0.39, 0.29) is 12.5 Å². The summed E-state index contributed by atoms with van der Waals surface area (Å²) in [5.74, 6) is -0.141. The van der Waals surface area contributed by atoms with Crippen LogP contribution in [0, 0.1) is 0 Å². The minimum absolute atomic E-state index is 0.141. The first-order valence-electron chi connectivity index (χ1n) is 4.53. The Kier molecular flexibility index (Phi) is 2.77. The van der Waals surface area contributed by atoms with Crippen molar-refractivity contribution in [3.8, 4) is 0 Å². The van der Waals surface area contributed by atoms with E-state index in [2.05, 4.69) is 21.2 Å². The lowest BCUT2D eigenvalue weighted by molar-refractivity contribution is 0.0944. The smallest absolute Gasteiger partial charge is 0.251 e. The number of halogens is 1. The van der Waals surface area contributed by atoms with Crippen molar-refractivity contribution in [1.82, 2.24) is 5.32 Å². The second-order valence-corrected chi connectivity index (χ2v) is 4.26. The van der Waals surface area contributed by atoms with E-state index in [0.717, 1.165) is 10.0 Å². The lowest BCUT2D eigenvalue weighted by Gasteiger charge is -2.10. The molecule has 1 aliphatic heterocycles. The quantitative estimate of drug-likeness (QED) is 0.743. The molecule has 0 radical (unpaired) electrons. The van der Waals surface area contributed by atoms with Gasteiger partial charge in [-0.05, 0) is 23.3 Å². The Morgan fingerprint density at radius 1 is 1.53 bits per heavy atom. The van der Waals surface area contributed by atoms with Gasteiger partial charge in [0.25, 0.3) is 5.91 Å². The van der Waals surface area contributed by atoms with E-state index >= 15 is 0 Å². The molecule has 1 amide bonds. The average molecular weight is 272 g/mol. The molecule has 0 bridgehead atoms. The van der Waals surface area contributed by atoms with Gasteiger partial charge in [-0.2, -0.15) is 0 Å². The molecule has 0 fully saturated rings. The molecule has 3 N–H and O–H groups in total. The molecule has 4 nitrogen and oxygen atoms in total. The third-order valence-electron chi connectivity index (χ3n) is 2.45. The first-order chi connectivity index (χ1) is 7.13. The van der Waals surface area contributed by atoms with E-state index in [9.17, 15) is 9.90 Å². The van der Waals surface area contributed by atoms with Crippen LogP contribution >= 0.6 is 15.9 Å². The largest absolute Gasteiger partial charge is 0.393 e. The number of hydrogen-bond acceptors (Lipinski definition) is 3. The second kappa shape index (κ2) is 3.92. The lowest BCUT2D eigenvalue weighted by Crippen LogP contribution is -2.12. The van der Waals surface area contributed by atoms with Gasteiger partial charge in [0.1, 0.15) is 6.10 Å². The molecule has 15 heavy (non-hydrogen) atoms. The summed E-state index contributed by atoms with van der Waals surface area (Å²) < 4.78 is 0.779. The molecule has 1 heterocycles. The number of carbonyl (C=O) groups is 1. The monoisotopic (exact) mass is 271 g/mol. The summed E-state index contributed by atoms with van der Waals surface area (Å²) >= 11 is 3.34. The maximum Gasteiger partial charge on any atom is 0.251 e. The van der Waals surface area contributed by atoms with E-state index < -0.39 is 6.10 Å². The highest BCUT2D eigenvalue weighted by Crippen LogP contribution is 2.28. The number of hydrogen-bond donors (Lipinski definition) is 3. The van der Waals surface area contributed by atoms with E-state index in [1.54, 1.807) is 12.1 Å². The molecule has 1 aliphatic rings. The van der Waals surface area contributed by atoms with Gasteiger partial charge in [0.15, 0.2) is 0 Å². The summed E-state index contributed by atoms with van der Waals surface area (Å²) in [4.78, 5) is 11.4. The van der Waals surface area contributed by atoms with E-state index in [1.165, 1.54) is 0 Å². The summed E-state index contributed by atoms with van der Waals surface area (Å²) in [5.41, 5.74) is 2.00. The molecule has 5 heteroatoms. The molecular weight excluding hydrogens is 262 g/mol. The van der Waals surface area contributed by atoms with Crippen LogP contribution in [-0.4, -0.2) is 22.7 Å². The average Bonchev–Trinajstić information content (AvgIpc) is 2.60. The molecule has 1 unspecified atom stereocenters. The van der Waals surface area contributed by atoms with Gasteiger partial charge in [-0.25, -0.2) is 0 Å². The highest BCUT2D eigenvalue weighted by molar-refractivity contribution is 9.10. The van der Waals surface area contributed by atoms with Crippen molar-refractivity contribution in [2.75, 3.05) is 6.61 Å². The Labute approximate surface area is 95.1 Å². The normalized spacial score (nSPS) is 16.1. The van der Waals surface area contributed by atoms with Crippen LogP contribution in [0.25, 0.3) is 0 Å². The van der Waals surface area contributed by atoms with Crippen molar-refractivity contribution in [2.24, 2.45) is 0 Å². The van der Waals surface area contributed by atoms with Crippen molar-refractivity contribution in [1.29, 1.82) is 0 Å². The lowest BCUT2D eigenvalue weighted by atomic mass is 10.0. The van der Waals surface area contributed by atoms with Crippen LogP contribution in [0.1, 0.15) is 27.6 Å². The van der Waals surface area contributed by atoms with Crippen LogP contribution < -0.4 is 5.32 Å². The Morgan fingerprint density at radius 3 is 2.93 bits per heavy atom. The first-order valence-corrected chi connectivity index (χ1v) is 5.32.